The number of rotatable bonds is 4. The molecule has 1 aliphatic rings. The van der Waals surface area contributed by atoms with Crippen LogP contribution in [0.5, 0.6) is 0 Å². The molecule has 0 spiro atoms. The number of nitrogens with zero attached hydrogens (tertiary/aromatic N) is 5. The zero-order chi connectivity index (χ0) is 22.1. The van der Waals surface area contributed by atoms with Crippen LogP contribution in [0.4, 0.5) is 5.69 Å². The standard InChI is InChI=1S/C20H21N7O3S/c1-12-16(4-3-14(23-12)18(28)22-11-21)27-7-5-26(6-8-27)10-13-9-15-17(31-13)19(29)25(2)20(30)24-15/h3-4,9H,5-8,10H2,1-2H3,(H,22,28)(H,24,30). The SMILES string of the molecule is Cc1nc(C(=O)NC#N)ccc1N1CCN(Cc2cc3[nH]c(=O)n(C)c(=O)c3s2)CC1. The van der Waals surface area contributed by atoms with Gasteiger partial charge < -0.3 is 9.88 Å². The number of H-pyrrole nitrogens is 1. The molecular weight excluding hydrogens is 418 g/mol. The minimum absolute atomic E-state index is 0.218. The molecular formula is C20H21N7O3S. The summed E-state index contributed by atoms with van der Waals surface area (Å²) in [6.07, 6.45) is 1.61. The van der Waals surface area contributed by atoms with Gasteiger partial charge in [0.15, 0.2) is 6.19 Å². The highest BCUT2D eigenvalue weighted by molar-refractivity contribution is 7.18. The molecule has 160 valence electrons. The van der Waals surface area contributed by atoms with E-state index in [9.17, 15) is 14.4 Å². The van der Waals surface area contributed by atoms with Gasteiger partial charge in [0, 0.05) is 44.6 Å². The highest BCUT2D eigenvalue weighted by atomic mass is 32.1. The number of anilines is 1. The number of thiophene rings is 1. The lowest BCUT2D eigenvalue weighted by Crippen LogP contribution is -2.46. The number of amides is 1. The average molecular weight is 440 g/mol. The predicted molar refractivity (Wildman–Crippen MR) is 117 cm³/mol. The first kappa shape index (κ1) is 20.8. The van der Waals surface area contributed by atoms with Crippen LogP contribution in [-0.4, -0.2) is 51.5 Å². The number of hydrogen-bond donors (Lipinski definition) is 2. The summed E-state index contributed by atoms with van der Waals surface area (Å²) in [7, 11) is 1.47. The van der Waals surface area contributed by atoms with E-state index >= 15 is 0 Å². The maximum absolute atomic E-state index is 12.3. The molecule has 1 saturated heterocycles. The summed E-state index contributed by atoms with van der Waals surface area (Å²) in [5, 5.41) is 10.7. The number of hydrogen-bond acceptors (Lipinski definition) is 8. The van der Waals surface area contributed by atoms with Crippen molar-refractivity contribution in [2.45, 2.75) is 13.5 Å². The van der Waals surface area contributed by atoms with Crippen molar-refractivity contribution in [1.82, 2.24) is 24.8 Å². The molecule has 4 rings (SSSR count). The van der Waals surface area contributed by atoms with Gasteiger partial charge in [-0.05, 0) is 25.1 Å². The van der Waals surface area contributed by atoms with Crippen LogP contribution in [0.25, 0.3) is 10.2 Å². The summed E-state index contributed by atoms with van der Waals surface area (Å²) in [6.45, 7) is 5.83. The molecule has 4 heterocycles. The van der Waals surface area contributed by atoms with Crippen molar-refractivity contribution in [3.63, 3.8) is 0 Å². The molecule has 1 aliphatic heterocycles. The van der Waals surface area contributed by atoms with Crippen LogP contribution < -0.4 is 21.5 Å². The van der Waals surface area contributed by atoms with Gasteiger partial charge in [-0.15, -0.1) is 11.3 Å². The Morgan fingerprint density at radius 3 is 2.71 bits per heavy atom. The monoisotopic (exact) mass is 439 g/mol. The number of aromatic nitrogens is 3. The Balaban J connectivity index is 1.42. The molecule has 0 unspecified atom stereocenters. The molecule has 0 radical (unpaired) electrons. The van der Waals surface area contributed by atoms with E-state index in [1.807, 2.05) is 19.1 Å². The van der Waals surface area contributed by atoms with Gasteiger partial charge in [0.25, 0.3) is 11.5 Å². The second-order valence-corrected chi connectivity index (χ2v) is 8.52. The Morgan fingerprint density at radius 2 is 2.03 bits per heavy atom. The molecule has 1 amide bonds. The van der Waals surface area contributed by atoms with Gasteiger partial charge in [-0.2, -0.15) is 5.26 Å². The first-order chi connectivity index (χ1) is 14.9. The van der Waals surface area contributed by atoms with Crippen LogP contribution in [0.1, 0.15) is 21.1 Å². The fourth-order valence-electron chi connectivity index (χ4n) is 3.71. The first-order valence-corrected chi connectivity index (χ1v) is 10.5. The molecule has 31 heavy (non-hydrogen) atoms. The maximum atomic E-state index is 12.3. The van der Waals surface area contributed by atoms with Crippen molar-refractivity contribution in [2.24, 2.45) is 7.05 Å². The molecule has 0 bridgehead atoms. The van der Waals surface area contributed by atoms with Gasteiger partial charge in [0.1, 0.15) is 10.4 Å². The fraction of sp³-hybridized carbons (Fsp3) is 0.350. The average Bonchev–Trinajstić information content (AvgIpc) is 3.15. The number of nitrogens with one attached hydrogen (secondary N) is 2. The van der Waals surface area contributed by atoms with Crippen molar-refractivity contribution in [3.8, 4) is 6.19 Å². The zero-order valence-corrected chi connectivity index (χ0v) is 18.0. The minimum Gasteiger partial charge on any atom is -0.368 e. The Hall–Kier alpha value is -3.49. The van der Waals surface area contributed by atoms with E-state index in [0.29, 0.717) is 16.8 Å². The van der Waals surface area contributed by atoms with Crippen molar-refractivity contribution in [1.29, 1.82) is 5.26 Å². The number of piperazine rings is 1. The van der Waals surface area contributed by atoms with Gasteiger partial charge in [-0.1, -0.05) is 0 Å². The number of carbonyl (C=O) groups excluding carboxylic acids is 1. The summed E-state index contributed by atoms with van der Waals surface area (Å²) in [4.78, 5) is 48.5. The molecule has 10 nitrogen and oxygen atoms in total. The van der Waals surface area contributed by atoms with Crippen molar-refractivity contribution >= 4 is 33.1 Å². The second-order valence-electron chi connectivity index (χ2n) is 7.38. The summed E-state index contributed by atoms with van der Waals surface area (Å²) < 4.78 is 1.66. The van der Waals surface area contributed by atoms with E-state index < -0.39 is 11.6 Å². The van der Waals surface area contributed by atoms with Crippen LogP contribution in [0, 0.1) is 18.4 Å². The summed E-state index contributed by atoms with van der Waals surface area (Å²) >= 11 is 1.42. The summed E-state index contributed by atoms with van der Waals surface area (Å²) in [6, 6.07) is 5.37. The molecule has 0 atom stereocenters. The number of fused-ring (bicyclic) bond motifs is 1. The summed E-state index contributed by atoms with van der Waals surface area (Å²) in [5.74, 6) is -0.513. The van der Waals surface area contributed by atoms with E-state index in [-0.39, 0.29) is 11.3 Å². The van der Waals surface area contributed by atoms with Gasteiger partial charge in [0.2, 0.25) is 0 Å². The lowest BCUT2D eigenvalue weighted by atomic mass is 10.2. The van der Waals surface area contributed by atoms with Crippen molar-refractivity contribution in [2.75, 3.05) is 31.1 Å². The van der Waals surface area contributed by atoms with Crippen molar-refractivity contribution < 1.29 is 4.79 Å². The van der Waals surface area contributed by atoms with E-state index in [1.54, 1.807) is 12.3 Å². The van der Waals surface area contributed by atoms with Crippen LogP contribution >= 0.6 is 11.3 Å². The number of aryl methyl sites for hydroxylation is 1. The molecule has 11 heteroatoms. The van der Waals surface area contributed by atoms with Gasteiger partial charge in [0.05, 0.1) is 16.9 Å². The second kappa shape index (κ2) is 8.33. The number of pyridine rings is 1. The van der Waals surface area contributed by atoms with Crippen LogP contribution in [0.3, 0.4) is 0 Å². The highest BCUT2D eigenvalue weighted by Crippen LogP contribution is 2.24. The largest absolute Gasteiger partial charge is 0.368 e. The first-order valence-electron chi connectivity index (χ1n) is 9.73. The zero-order valence-electron chi connectivity index (χ0n) is 17.1. The molecule has 2 N–H and O–H groups in total. The Labute approximate surface area is 181 Å². The predicted octanol–water partition coefficient (Wildman–Crippen LogP) is 0.525. The topological polar surface area (TPSA) is 127 Å². The van der Waals surface area contributed by atoms with E-state index in [2.05, 4.69) is 25.1 Å². The molecule has 1 fully saturated rings. The van der Waals surface area contributed by atoms with E-state index in [4.69, 9.17) is 5.26 Å². The molecule has 0 aromatic carbocycles. The fourth-order valence-corrected chi connectivity index (χ4v) is 4.84. The molecule has 3 aromatic heterocycles. The van der Waals surface area contributed by atoms with Crippen molar-refractivity contribution in [3.05, 3.63) is 55.3 Å². The Bertz CT molecular complexity index is 1310. The third-order valence-corrected chi connectivity index (χ3v) is 6.49. The number of aromatic amines is 1. The van der Waals surface area contributed by atoms with Gasteiger partial charge >= 0.3 is 5.69 Å². The number of carbonyl (C=O) groups is 1. The molecule has 0 aliphatic carbocycles. The number of nitriles is 1. The Morgan fingerprint density at radius 1 is 1.29 bits per heavy atom. The normalized spacial score (nSPS) is 14.5. The lowest BCUT2D eigenvalue weighted by molar-refractivity contribution is 0.0968. The van der Waals surface area contributed by atoms with E-state index in [1.165, 1.54) is 18.4 Å². The summed E-state index contributed by atoms with van der Waals surface area (Å²) in [5.41, 5.74) is 1.84. The molecule has 3 aromatic rings. The van der Waals surface area contributed by atoms with Crippen LogP contribution in [0.15, 0.2) is 27.8 Å². The minimum atomic E-state index is -0.513. The van der Waals surface area contributed by atoms with Crippen LogP contribution in [0.2, 0.25) is 0 Å². The van der Waals surface area contributed by atoms with Gasteiger partial charge in [-0.3, -0.25) is 24.4 Å². The highest BCUT2D eigenvalue weighted by Gasteiger charge is 2.21. The smallest absolute Gasteiger partial charge is 0.328 e. The molecule has 0 saturated carbocycles. The Kier molecular flexibility index (Phi) is 5.58. The third kappa shape index (κ3) is 4.08. The lowest BCUT2D eigenvalue weighted by Gasteiger charge is -2.36. The van der Waals surface area contributed by atoms with Crippen LogP contribution in [-0.2, 0) is 13.6 Å². The maximum Gasteiger partial charge on any atom is 0.328 e. The third-order valence-electron chi connectivity index (χ3n) is 5.38. The van der Waals surface area contributed by atoms with Gasteiger partial charge in [-0.25, -0.2) is 9.78 Å². The quantitative estimate of drug-likeness (QED) is 0.448. The van der Waals surface area contributed by atoms with E-state index in [0.717, 1.165) is 47.0 Å².